The molecule has 5 aliphatic rings. The Morgan fingerprint density at radius 3 is 2.19 bits per heavy atom. The third kappa shape index (κ3) is 4.69. The van der Waals surface area contributed by atoms with Crippen LogP contribution >= 0.6 is 0 Å². The summed E-state index contributed by atoms with van der Waals surface area (Å²) in [7, 11) is 0. The molecule has 2 saturated carbocycles. The monoisotopic (exact) mass is 502 g/mol. The van der Waals surface area contributed by atoms with Gasteiger partial charge < -0.3 is 4.57 Å². The Kier molecular flexibility index (Phi) is 6.65. The molecule has 7 rings (SSSR count). The minimum absolute atomic E-state index is 0.262. The van der Waals surface area contributed by atoms with Crippen LogP contribution in [0.5, 0.6) is 0 Å². The molecule has 3 aliphatic heterocycles. The smallest absolute Gasteiger partial charge is 0.133 e. The second kappa shape index (κ2) is 10.1. The maximum absolute atomic E-state index is 11.9. The second-order valence-corrected chi connectivity index (χ2v) is 13.4. The fraction of sp³-hybridized carbons (Fsp3) is 0.750. The van der Waals surface area contributed by atoms with Gasteiger partial charge in [0.2, 0.25) is 0 Å². The highest BCUT2D eigenvalue weighted by molar-refractivity contribution is 5.78. The predicted molar refractivity (Wildman–Crippen MR) is 148 cm³/mol. The van der Waals surface area contributed by atoms with Crippen LogP contribution in [0.15, 0.2) is 24.3 Å². The van der Waals surface area contributed by atoms with E-state index in [9.17, 15) is 4.79 Å². The normalized spacial score (nSPS) is 35.6. The summed E-state index contributed by atoms with van der Waals surface area (Å²) in [6, 6.07) is 11.8. The zero-order valence-corrected chi connectivity index (χ0v) is 22.9. The van der Waals surface area contributed by atoms with Gasteiger partial charge in [-0.2, -0.15) is 0 Å². The highest BCUT2D eigenvalue weighted by Crippen LogP contribution is 2.48. The molecule has 200 valence electrons. The fourth-order valence-corrected chi connectivity index (χ4v) is 9.45. The van der Waals surface area contributed by atoms with E-state index in [1.165, 1.54) is 82.0 Å². The minimum Gasteiger partial charge on any atom is -0.324 e. The summed E-state index contributed by atoms with van der Waals surface area (Å²) in [6.07, 6.45) is 17.7. The number of Topliss-reactive ketones (excluding diaryl/α,β-unsaturated/α-hetero) is 1. The van der Waals surface area contributed by atoms with Gasteiger partial charge in [0, 0.05) is 30.1 Å². The van der Waals surface area contributed by atoms with Crippen LogP contribution in [0.3, 0.4) is 0 Å². The SMILES string of the molecule is CC(=O)C1CCN(Cc2nc3ccccc3n2[C@H]2C[C@H]3CCC[C@@H](C2)N3[C@H]2C[C@@H]3CCC[C@@H](C3)C2)CC1. The standard InChI is InChI=1S/C32H46N4O/c1-22(37)25-12-14-34(15-13-25)21-32-33-30-10-2-3-11-31(30)36(32)29-19-26-8-5-9-27(20-29)35(26)28-17-23-6-4-7-24(16-23)18-28/h2-3,10-11,23-29H,4-9,12-21H2,1H3/t23-,24+,26-,27+,28+,29+. The van der Waals surface area contributed by atoms with Gasteiger partial charge in [-0.25, -0.2) is 4.98 Å². The summed E-state index contributed by atoms with van der Waals surface area (Å²) in [6.45, 7) is 4.71. The number of likely N-dealkylation sites (tertiary alicyclic amines) is 1. The number of hydrogen-bond donors (Lipinski definition) is 0. The highest BCUT2D eigenvalue weighted by atomic mass is 16.1. The van der Waals surface area contributed by atoms with Gasteiger partial charge >= 0.3 is 0 Å². The van der Waals surface area contributed by atoms with Crippen molar-refractivity contribution < 1.29 is 4.79 Å². The van der Waals surface area contributed by atoms with E-state index in [-0.39, 0.29) is 5.92 Å². The van der Waals surface area contributed by atoms with Crippen LogP contribution in [0.25, 0.3) is 11.0 Å². The topological polar surface area (TPSA) is 41.4 Å². The van der Waals surface area contributed by atoms with Crippen LogP contribution in [-0.4, -0.2) is 56.3 Å². The molecule has 6 atom stereocenters. The Morgan fingerprint density at radius 1 is 0.811 bits per heavy atom. The number of ketones is 1. The Morgan fingerprint density at radius 2 is 1.49 bits per heavy atom. The van der Waals surface area contributed by atoms with Gasteiger partial charge in [-0.1, -0.05) is 37.8 Å². The largest absolute Gasteiger partial charge is 0.324 e. The van der Waals surface area contributed by atoms with E-state index in [4.69, 9.17) is 4.98 Å². The van der Waals surface area contributed by atoms with E-state index < -0.39 is 0 Å². The number of imidazole rings is 1. The van der Waals surface area contributed by atoms with E-state index >= 15 is 0 Å². The number of piperidine rings is 3. The lowest BCUT2D eigenvalue weighted by atomic mass is 9.68. The number of aromatic nitrogens is 2. The molecule has 0 N–H and O–H groups in total. The van der Waals surface area contributed by atoms with Crippen molar-refractivity contribution in [3.05, 3.63) is 30.1 Å². The van der Waals surface area contributed by atoms with Crippen LogP contribution in [0, 0.1) is 17.8 Å². The van der Waals surface area contributed by atoms with Crippen LogP contribution in [0.4, 0.5) is 0 Å². The van der Waals surface area contributed by atoms with Crippen molar-refractivity contribution in [3.63, 3.8) is 0 Å². The van der Waals surface area contributed by atoms with Gasteiger partial charge in [-0.15, -0.1) is 0 Å². The number of nitrogens with zero attached hydrogens (tertiary/aromatic N) is 4. The van der Waals surface area contributed by atoms with Crippen molar-refractivity contribution in [3.8, 4) is 0 Å². The number of fused-ring (bicyclic) bond motifs is 5. The van der Waals surface area contributed by atoms with Gasteiger partial charge in [-0.05, 0) is 102 Å². The quantitative estimate of drug-likeness (QED) is 0.477. The molecule has 4 heterocycles. The summed E-state index contributed by atoms with van der Waals surface area (Å²) in [5, 5.41) is 0. The number of hydrogen-bond acceptors (Lipinski definition) is 4. The van der Waals surface area contributed by atoms with Gasteiger partial charge in [-0.3, -0.25) is 14.6 Å². The Hall–Kier alpha value is -1.72. The molecule has 0 unspecified atom stereocenters. The third-order valence-corrected chi connectivity index (χ3v) is 11.1. The molecule has 0 radical (unpaired) electrons. The second-order valence-electron chi connectivity index (χ2n) is 13.4. The maximum Gasteiger partial charge on any atom is 0.133 e. The molecule has 5 nitrogen and oxygen atoms in total. The van der Waals surface area contributed by atoms with E-state index in [2.05, 4.69) is 38.6 Å². The number of benzene rings is 1. The van der Waals surface area contributed by atoms with Crippen molar-refractivity contribution in [1.29, 1.82) is 0 Å². The number of carbonyl (C=O) groups excluding carboxylic acids is 1. The van der Waals surface area contributed by atoms with Crippen molar-refractivity contribution in [2.75, 3.05) is 13.1 Å². The van der Waals surface area contributed by atoms with Crippen molar-refractivity contribution in [1.82, 2.24) is 19.4 Å². The van der Waals surface area contributed by atoms with Crippen LogP contribution < -0.4 is 0 Å². The molecule has 1 aromatic heterocycles. The molecule has 5 heteroatoms. The molecule has 1 aromatic carbocycles. The average Bonchev–Trinajstić information content (AvgIpc) is 3.25. The Balaban J connectivity index is 1.13. The summed E-state index contributed by atoms with van der Waals surface area (Å²) in [5.74, 6) is 3.90. The van der Waals surface area contributed by atoms with E-state index in [0.717, 1.165) is 68.0 Å². The Labute approximate surface area is 223 Å². The predicted octanol–water partition coefficient (Wildman–Crippen LogP) is 6.36. The minimum atomic E-state index is 0.262. The summed E-state index contributed by atoms with van der Waals surface area (Å²) < 4.78 is 2.67. The molecule has 3 saturated heterocycles. The highest BCUT2D eigenvalue weighted by Gasteiger charge is 2.45. The van der Waals surface area contributed by atoms with E-state index in [1.54, 1.807) is 6.92 Å². The van der Waals surface area contributed by atoms with E-state index in [1.807, 2.05) is 0 Å². The van der Waals surface area contributed by atoms with Crippen LogP contribution in [0.2, 0.25) is 0 Å². The van der Waals surface area contributed by atoms with Gasteiger partial charge in [0.1, 0.15) is 11.6 Å². The van der Waals surface area contributed by atoms with E-state index in [0.29, 0.717) is 11.8 Å². The molecule has 4 bridgehead atoms. The molecular formula is C32H46N4O. The van der Waals surface area contributed by atoms with Crippen molar-refractivity contribution in [2.45, 2.75) is 121 Å². The zero-order valence-electron chi connectivity index (χ0n) is 22.9. The number of para-hydroxylation sites is 2. The maximum atomic E-state index is 11.9. The molecule has 0 spiro atoms. The lowest BCUT2D eigenvalue weighted by Crippen LogP contribution is -2.58. The third-order valence-electron chi connectivity index (χ3n) is 11.1. The van der Waals surface area contributed by atoms with Crippen molar-refractivity contribution >= 4 is 16.8 Å². The van der Waals surface area contributed by atoms with Gasteiger partial charge in [0.05, 0.1) is 17.6 Å². The van der Waals surface area contributed by atoms with Gasteiger partial charge in [0.15, 0.2) is 0 Å². The summed E-state index contributed by atoms with van der Waals surface area (Å²) >= 11 is 0. The molecule has 37 heavy (non-hydrogen) atoms. The number of carbonyl (C=O) groups is 1. The van der Waals surface area contributed by atoms with Crippen LogP contribution in [-0.2, 0) is 11.3 Å². The average molecular weight is 503 g/mol. The fourth-order valence-electron chi connectivity index (χ4n) is 9.45. The van der Waals surface area contributed by atoms with Crippen molar-refractivity contribution in [2.24, 2.45) is 17.8 Å². The first kappa shape index (κ1) is 24.3. The lowest BCUT2D eigenvalue weighted by molar-refractivity contribution is -0.122. The zero-order chi connectivity index (χ0) is 24.9. The first-order valence-corrected chi connectivity index (χ1v) is 15.6. The first-order chi connectivity index (χ1) is 18.1. The van der Waals surface area contributed by atoms with Gasteiger partial charge in [0.25, 0.3) is 0 Å². The molecule has 2 aliphatic carbocycles. The molecule has 0 amide bonds. The molecular weight excluding hydrogens is 456 g/mol. The summed E-state index contributed by atoms with van der Waals surface area (Å²) in [5.41, 5.74) is 2.49. The first-order valence-electron chi connectivity index (χ1n) is 15.6. The van der Waals surface area contributed by atoms with Crippen LogP contribution in [0.1, 0.15) is 102 Å². The molecule has 5 fully saturated rings. The Bertz CT molecular complexity index is 1090. The number of rotatable bonds is 5. The lowest BCUT2D eigenvalue weighted by Gasteiger charge is -2.55. The summed E-state index contributed by atoms with van der Waals surface area (Å²) in [4.78, 5) is 22.7. The molecule has 2 aromatic rings.